The number of amides is 1. The molecular weight excluding hydrogens is 467 g/mol. The number of rotatable bonds is 6. The van der Waals surface area contributed by atoms with E-state index in [1.54, 1.807) is 7.05 Å². The molecule has 8 heteroatoms. The molecule has 1 aromatic heterocycles. The lowest BCUT2D eigenvalue weighted by molar-refractivity contribution is -0.128. The van der Waals surface area contributed by atoms with Gasteiger partial charge >= 0.3 is 0 Å². The van der Waals surface area contributed by atoms with Gasteiger partial charge < -0.3 is 15.5 Å². The Bertz CT molecular complexity index is 767. The van der Waals surface area contributed by atoms with Crippen LogP contribution in [0.25, 0.3) is 5.69 Å². The van der Waals surface area contributed by atoms with Crippen LogP contribution in [0.2, 0.25) is 0 Å². The molecule has 0 fully saturated rings. The molecule has 2 rings (SSSR count). The number of para-hydroxylation sites is 1. The molecule has 2 aromatic rings. The summed E-state index contributed by atoms with van der Waals surface area (Å²) in [5, 5.41) is 10.6. The van der Waals surface area contributed by atoms with E-state index in [9.17, 15) is 4.79 Å². The van der Waals surface area contributed by atoms with Gasteiger partial charge in [-0.25, -0.2) is 4.68 Å². The Hall–Kier alpha value is -2.10. The molecule has 0 aliphatic rings. The molecule has 1 aromatic carbocycles. The summed E-state index contributed by atoms with van der Waals surface area (Å²) < 4.78 is 1.86. The Labute approximate surface area is 184 Å². The Morgan fingerprint density at radius 1 is 1.18 bits per heavy atom. The minimum atomic E-state index is -0.378. The minimum Gasteiger partial charge on any atom is -0.354 e. The van der Waals surface area contributed by atoms with Gasteiger partial charge in [0.1, 0.15) is 0 Å². The lowest BCUT2D eigenvalue weighted by Crippen LogP contribution is -2.43. The number of halogens is 1. The number of carbonyl (C=O) groups excluding carboxylic acids is 1. The summed E-state index contributed by atoms with van der Waals surface area (Å²) in [5.74, 6) is 0.813. The summed E-state index contributed by atoms with van der Waals surface area (Å²) in [6, 6.07) is 10.0. The number of nitrogens with zero attached hydrogens (tertiary/aromatic N) is 4. The fourth-order valence-corrected chi connectivity index (χ4v) is 2.51. The van der Waals surface area contributed by atoms with Crippen LogP contribution in [-0.2, 0) is 11.3 Å². The van der Waals surface area contributed by atoms with Crippen LogP contribution in [0.4, 0.5) is 0 Å². The molecule has 0 radical (unpaired) electrons. The predicted octanol–water partition coefficient (Wildman–Crippen LogP) is 2.66. The zero-order chi connectivity index (χ0) is 19.9. The van der Waals surface area contributed by atoms with E-state index in [1.807, 2.05) is 80.1 Å². The number of hydrogen-bond acceptors (Lipinski definition) is 3. The van der Waals surface area contributed by atoms with E-state index in [2.05, 4.69) is 20.7 Å². The van der Waals surface area contributed by atoms with Crippen molar-refractivity contribution in [2.75, 3.05) is 27.2 Å². The Balaban J connectivity index is 0.00000392. The van der Waals surface area contributed by atoms with E-state index >= 15 is 0 Å². The van der Waals surface area contributed by atoms with Crippen LogP contribution in [0.5, 0.6) is 0 Å². The Morgan fingerprint density at radius 2 is 1.82 bits per heavy atom. The first-order chi connectivity index (χ1) is 12.8. The standard InChI is InChI=1S/C20H30N6O.HI/c1-20(2,3)18(27)22-11-12-23-19(21-4)25(5)14-16-13-24-26(15-16)17-9-7-6-8-10-17;/h6-10,13,15H,11-12,14H2,1-5H3,(H,21,23)(H,22,27);1H. The van der Waals surface area contributed by atoms with Crippen molar-refractivity contribution in [3.63, 3.8) is 0 Å². The molecule has 0 unspecified atom stereocenters. The van der Waals surface area contributed by atoms with Crippen LogP contribution in [0, 0.1) is 5.41 Å². The van der Waals surface area contributed by atoms with E-state index in [-0.39, 0.29) is 35.3 Å². The highest BCUT2D eigenvalue weighted by Gasteiger charge is 2.20. The van der Waals surface area contributed by atoms with Gasteiger partial charge in [-0.2, -0.15) is 5.10 Å². The van der Waals surface area contributed by atoms with Crippen molar-refractivity contribution in [3.8, 4) is 5.69 Å². The third-order valence-electron chi connectivity index (χ3n) is 4.02. The summed E-state index contributed by atoms with van der Waals surface area (Å²) in [4.78, 5) is 18.2. The van der Waals surface area contributed by atoms with Gasteiger partial charge in [-0.05, 0) is 12.1 Å². The average molecular weight is 498 g/mol. The summed E-state index contributed by atoms with van der Waals surface area (Å²) in [7, 11) is 3.73. The van der Waals surface area contributed by atoms with Crippen molar-refractivity contribution in [1.82, 2.24) is 25.3 Å². The molecule has 0 spiro atoms. The Morgan fingerprint density at radius 3 is 2.43 bits per heavy atom. The van der Waals surface area contributed by atoms with Gasteiger partial charge in [-0.3, -0.25) is 9.79 Å². The third kappa shape index (κ3) is 7.14. The van der Waals surface area contributed by atoms with E-state index < -0.39 is 0 Å². The van der Waals surface area contributed by atoms with Gasteiger partial charge in [0.25, 0.3) is 0 Å². The molecule has 1 heterocycles. The SMILES string of the molecule is CN=C(NCCNC(=O)C(C)(C)C)N(C)Cc1cnn(-c2ccccc2)c1.I. The molecule has 2 N–H and O–H groups in total. The zero-order valence-corrected chi connectivity index (χ0v) is 19.6. The van der Waals surface area contributed by atoms with Crippen LogP contribution in [0.3, 0.4) is 0 Å². The van der Waals surface area contributed by atoms with E-state index in [1.165, 1.54) is 0 Å². The molecular formula is C20H31IN6O. The third-order valence-corrected chi connectivity index (χ3v) is 4.02. The smallest absolute Gasteiger partial charge is 0.225 e. The summed E-state index contributed by atoms with van der Waals surface area (Å²) in [6.45, 7) is 7.55. The fourth-order valence-electron chi connectivity index (χ4n) is 2.51. The van der Waals surface area contributed by atoms with Crippen LogP contribution in [0.1, 0.15) is 26.3 Å². The van der Waals surface area contributed by atoms with Gasteiger partial charge in [0, 0.05) is 50.9 Å². The first-order valence-electron chi connectivity index (χ1n) is 9.10. The highest BCUT2D eigenvalue weighted by molar-refractivity contribution is 14.0. The zero-order valence-electron chi connectivity index (χ0n) is 17.3. The maximum Gasteiger partial charge on any atom is 0.225 e. The largest absolute Gasteiger partial charge is 0.354 e. The molecule has 0 bridgehead atoms. The van der Waals surface area contributed by atoms with Crippen molar-refractivity contribution in [3.05, 3.63) is 48.3 Å². The van der Waals surface area contributed by atoms with Crippen molar-refractivity contribution < 1.29 is 4.79 Å². The van der Waals surface area contributed by atoms with Gasteiger partial charge in [0.2, 0.25) is 5.91 Å². The van der Waals surface area contributed by atoms with Gasteiger partial charge in [-0.1, -0.05) is 39.0 Å². The van der Waals surface area contributed by atoms with Gasteiger partial charge in [0.15, 0.2) is 5.96 Å². The van der Waals surface area contributed by atoms with Crippen molar-refractivity contribution >= 4 is 35.8 Å². The second-order valence-electron chi connectivity index (χ2n) is 7.46. The highest BCUT2D eigenvalue weighted by Crippen LogP contribution is 2.12. The van der Waals surface area contributed by atoms with Crippen LogP contribution >= 0.6 is 24.0 Å². The average Bonchev–Trinajstić information content (AvgIpc) is 3.10. The molecule has 0 aliphatic carbocycles. The number of guanidine groups is 1. The topological polar surface area (TPSA) is 74.6 Å². The molecule has 0 saturated carbocycles. The summed E-state index contributed by atoms with van der Waals surface area (Å²) in [6.07, 6.45) is 3.88. The fraction of sp³-hybridized carbons (Fsp3) is 0.450. The molecule has 28 heavy (non-hydrogen) atoms. The number of nitrogens with one attached hydrogen (secondary N) is 2. The number of aromatic nitrogens is 2. The number of carbonyl (C=O) groups is 1. The predicted molar refractivity (Wildman–Crippen MR) is 124 cm³/mol. The summed E-state index contributed by atoms with van der Waals surface area (Å²) in [5.41, 5.74) is 1.74. The second-order valence-corrected chi connectivity index (χ2v) is 7.46. The van der Waals surface area contributed by atoms with Crippen molar-refractivity contribution in [2.45, 2.75) is 27.3 Å². The maximum atomic E-state index is 11.9. The van der Waals surface area contributed by atoms with Crippen LogP contribution in [0.15, 0.2) is 47.7 Å². The minimum absolute atomic E-state index is 0. The second kappa shape index (κ2) is 11.0. The lowest BCUT2D eigenvalue weighted by Gasteiger charge is -2.22. The number of benzene rings is 1. The first kappa shape index (κ1) is 23.9. The highest BCUT2D eigenvalue weighted by atomic mass is 127. The maximum absolute atomic E-state index is 11.9. The molecule has 0 aliphatic heterocycles. The number of hydrogen-bond donors (Lipinski definition) is 2. The quantitative estimate of drug-likeness (QED) is 0.278. The van der Waals surface area contributed by atoms with E-state index in [0.717, 1.165) is 17.2 Å². The Kier molecular flexibility index (Phi) is 9.44. The van der Waals surface area contributed by atoms with Crippen molar-refractivity contribution in [2.24, 2.45) is 10.4 Å². The monoisotopic (exact) mass is 498 g/mol. The van der Waals surface area contributed by atoms with E-state index in [0.29, 0.717) is 19.6 Å². The van der Waals surface area contributed by atoms with E-state index in [4.69, 9.17) is 0 Å². The molecule has 0 saturated heterocycles. The molecule has 1 amide bonds. The molecule has 7 nitrogen and oxygen atoms in total. The van der Waals surface area contributed by atoms with Crippen LogP contribution in [-0.4, -0.2) is 53.7 Å². The first-order valence-corrected chi connectivity index (χ1v) is 9.10. The molecule has 154 valence electrons. The van der Waals surface area contributed by atoms with Crippen LogP contribution < -0.4 is 10.6 Å². The van der Waals surface area contributed by atoms with Gasteiger partial charge in [-0.15, -0.1) is 24.0 Å². The van der Waals surface area contributed by atoms with Crippen molar-refractivity contribution in [1.29, 1.82) is 0 Å². The normalized spacial score (nSPS) is 11.5. The van der Waals surface area contributed by atoms with Gasteiger partial charge in [0.05, 0.1) is 11.9 Å². The summed E-state index contributed by atoms with van der Waals surface area (Å²) >= 11 is 0. The molecule has 0 atom stereocenters. The number of aliphatic imine (C=N–C) groups is 1. The lowest BCUT2D eigenvalue weighted by atomic mass is 9.96.